The van der Waals surface area contributed by atoms with E-state index in [0.29, 0.717) is 4.83 Å². The standard InChI is InChI=1S/C13H20BrNS/c1-9(2)10-3-4-12(14)11(7-10)8-13-15-5-6-16-13/h5-6,9-12H,3-4,7-8H2,1-2H3. The van der Waals surface area contributed by atoms with Gasteiger partial charge in [0.1, 0.15) is 0 Å². The van der Waals surface area contributed by atoms with E-state index in [4.69, 9.17) is 0 Å². The van der Waals surface area contributed by atoms with E-state index in [9.17, 15) is 0 Å². The molecule has 1 aromatic heterocycles. The Morgan fingerprint density at radius 1 is 1.50 bits per heavy atom. The Morgan fingerprint density at radius 3 is 2.94 bits per heavy atom. The molecule has 2 rings (SSSR count). The van der Waals surface area contributed by atoms with Crippen LogP contribution >= 0.6 is 27.3 Å². The molecule has 16 heavy (non-hydrogen) atoms. The summed E-state index contributed by atoms with van der Waals surface area (Å²) in [6.07, 6.45) is 7.18. The van der Waals surface area contributed by atoms with Crippen molar-refractivity contribution in [1.82, 2.24) is 4.98 Å². The van der Waals surface area contributed by atoms with Crippen molar-refractivity contribution in [3.63, 3.8) is 0 Å². The van der Waals surface area contributed by atoms with E-state index in [2.05, 4.69) is 40.1 Å². The van der Waals surface area contributed by atoms with Crippen LogP contribution in [0, 0.1) is 17.8 Å². The molecule has 1 fully saturated rings. The van der Waals surface area contributed by atoms with Crippen molar-refractivity contribution < 1.29 is 0 Å². The van der Waals surface area contributed by atoms with Crippen LogP contribution in [0.25, 0.3) is 0 Å². The second-order valence-electron chi connectivity index (χ2n) is 5.22. The highest BCUT2D eigenvalue weighted by molar-refractivity contribution is 9.09. The molecule has 1 nitrogen and oxygen atoms in total. The average molecular weight is 302 g/mol. The number of nitrogens with zero attached hydrogens (tertiary/aromatic N) is 1. The molecule has 0 saturated heterocycles. The summed E-state index contributed by atoms with van der Waals surface area (Å²) >= 11 is 5.65. The summed E-state index contributed by atoms with van der Waals surface area (Å²) in [6.45, 7) is 4.72. The molecular weight excluding hydrogens is 282 g/mol. The minimum absolute atomic E-state index is 0.700. The van der Waals surface area contributed by atoms with Crippen molar-refractivity contribution in [2.24, 2.45) is 17.8 Å². The highest BCUT2D eigenvalue weighted by Crippen LogP contribution is 2.39. The number of aromatic nitrogens is 1. The van der Waals surface area contributed by atoms with Gasteiger partial charge in [0.15, 0.2) is 0 Å². The van der Waals surface area contributed by atoms with Crippen LogP contribution in [0.1, 0.15) is 38.1 Å². The number of rotatable bonds is 3. The zero-order valence-electron chi connectivity index (χ0n) is 10.0. The maximum Gasteiger partial charge on any atom is 0.0927 e. The third-order valence-electron chi connectivity index (χ3n) is 3.79. The topological polar surface area (TPSA) is 12.9 Å². The number of hydrogen-bond acceptors (Lipinski definition) is 2. The summed E-state index contributed by atoms with van der Waals surface area (Å²) in [6, 6.07) is 0. The van der Waals surface area contributed by atoms with Gasteiger partial charge in [-0.25, -0.2) is 4.98 Å². The first-order valence-electron chi connectivity index (χ1n) is 6.19. The van der Waals surface area contributed by atoms with Crippen molar-refractivity contribution >= 4 is 27.3 Å². The van der Waals surface area contributed by atoms with Gasteiger partial charge in [0.25, 0.3) is 0 Å². The number of hydrogen-bond donors (Lipinski definition) is 0. The fourth-order valence-corrected chi connectivity index (χ4v) is 4.04. The maximum atomic E-state index is 4.41. The smallest absolute Gasteiger partial charge is 0.0927 e. The van der Waals surface area contributed by atoms with Crippen molar-refractivity contribution in [2.45, 2.75) is 44.4 Å². The van der Waals surface area contributed by atoms with Crippen molar-refractivity contribution in [3.05, 3.63) is 16.6 Å². The van der Waals surface area contributed by atoms with Crippen LogP contribution in [-0.4, -0.2) is 9.81 Å². The van der Waals surface area contributed by atoms with E-state index >= 15 is 0 Å². The van der Waals surface area contributed by atoms with Crippen molar-refractivity contribution in [3.8, 4) is 0 Å². The summed E-state index contributed by atoms with van der Waals surface area (Å²) in [4.78, 5) is 5.11. The molecule has 3 unspecified atom stereocenters. The highest BCUT2D eigenvalue weighted by atomic mass is 79.9. The number of halogens is 1. The van der Waals surface area contributed by atoms with Gasteiger partial charge >= 0.3 is 0 Å². The molecule has 0 aliphatic heterocycles. The zero-order valence-corrected chi connectivity index (χ0v) is 12.4. The lowest BCUT2D eigenvalue weighted by molar-refractivity contribution is 0.222. The first-order chi connectivity index (χ1) is 7.66. The van der Waals surface area contributed by atoms with E-state index in [1.807, 2.05) is 6.20 Å². The summed E-state index contributed by atoms with van der Waals surface area (Å²) in [5.41, 5.74) is 0. The molecule has 0 bridgehead atoms. The van der Waals surface area contributed by atoms with Crippen molar-refractivity contribution in [1.29, 1.82) is 0 Å². The van der Waals surface area contributed by atoms with E-state index in [1.54, 1.807) is 11.3 Å². The van der Waals surface area contributed by atoms with E-state index < -0.39 is 0 Å². The lowest BCUT2D eigenvalue weighted by atomic mass is 9.75. The minimum atomic E-state index is 0.700. The summed E-state index contributed by atoms with van der Waals surface area (Å²) < 4.78 is 0. The van der Waals surface area contributed by atoms with Crippen LogP contribution in [0.3, 0.4) is 0 Å². The number of thiazole rings is 1. The van der Waals surface area contributed by atoms with Gasteiger partial charge in [-0.2, -0.15) is 0 Å². The molecule has 1 aliphatic rings. The zero-order chi connectivity index (χ0) is 11.5. The molecule has 3 heteroatoms. The molecule has 0 amide bonds. The summed E-state index contributed by atoms with van der Waals surface area (Å²) in [5, 5.41) is 3.39. The molecule has 1 aliphatic carbocycles. The van der Waals surface area contributed by atoms with Gasteiger partial charge in [-0.05, 0) is 37.0 Å². The van der Waals surface area contributed by atoms with E-state index in [0.717, 1.165) is 24.2 Å². The summed E-state index contributed by atoms with van der Waals surface area (Å²) in [7, 11) is 0. The van der Waals surface area contributed by atoms with Gasteiger partial charge < -0.3 is 0 Å². The molecule has 1 saturated carbocycles. The first-order valence-corrected chi connectivity index (χ1v) is 7.98. The Balaban J connectivity index is 1.96. The van der Waals surface area contributed by atoms with E-state index in [-0.39, 0.29) is 0 Å². The Bertz CT molecular complexity index is 310. The third kappa shape index (κ3) is 3.07. The Morgan fingerprint density at radius 2 is 2.31 bits per heavy atom. The van der Waals surface area contributed by atoms with Gasteiger partial charge in [0.2, 0.25) is 0 Å². The Kier molecular flexibility index (Phi) is 4.42. The van der Waals surface area contributed by atoms with Crippen LogP contribution in [0.15, 0.2) is 11.6 Å². The molecular formula is C13H20BrNS. The average Bonchev–Trinajstić information content (AvgIpc) is 2.73. The van der Waals surface area contributed by atoms with Crippen molar-refractivity contribution in [2.75, 3.05) is 0 Å². The highest BCUT2D eigenvalue weighted by Gasteiger charge is 2.30. The van der Waals surface area contributed by atoms with E-state index in [1.165, 1.54) is 24.3 Å². The van der Waals surface area contributed by atoms with Crippen LogP contribution in [0.4, 0.5) is 0 Å². The molecule has 90 valence electrons. The molecule has 0 aromatic carbocycles. The van der Waals surface area contributed by atoms with Gasteiger partial charge in [0, 0.05) is 22.8 Å². The fourth-order valence-electron chi connectivity index (χ4n) is 2.66. The predicted octanol–water partition coefficient (Wildman–Crippen LogP) is 4.52. The Labute approximate surface area is 111 Å². The molecule has 0 N–H and O–H groups in total. The SMILES string of the molecule is CC(C)C1CCC(Br)C(Cc2nccs2)C1. The monoisotopic (exact) mass is 301 g/mol. The molecule has 3 atom stereocenters. The fraction of sp³-hybridized carbons (Fsp3) is 0.769. The normalized spacial score (nSPS) is 30.9. The van der Waals surface area contributed by atoms with Gasteiger partial charge in [-0.3, -0.25) is 0 Å². The maximum absolute atomic E-state index is 4.41. The second-order valence-corrected chi connectivity index (χ2v) is 7.38. The quantitative estimate of drug-likeness (QED) is 0.748. The lowest BCUT2D eigenvalue weighted by Crippen LogP contribution is -2.29. The third-order valence-corrected chi connectivity index (χ3v) is 5.80. The lowest BCUT2D eigenvalue weighted by Gasteiger charge is -2.35. The van der Waals surface area contributed by atoms with Gasteiger partial charge in [0.05, 0.1) is 5.01 Å². The molecule has 1 aromatic rings. The molecule has 1 heterocycles. The second kappa shape index (κ2) is 5.63. The Hall–Kier alpha value is 0.110. The van der Waals surface area contributed by atoms with Gasteiger partial charge in [-0.1, -0.05) is 29.8 Å². The minimum Gasteiger partial charge on any atom is -0.250 e. The van der Waals surface area contributed by atoms with Crippen LogP contribution in [-0.2, 0) is 6.42 Å². The molecule has 0 radical (unpaired) electrons. The molecule has 0 spiro atoms. The summed E-state index contributed by atoms with van der Waals surface area (Å²) in [5.74, 6) is 2.53. The van der Waals surface area contributed by atoms with Crippen LogP contribution < -0.4 is 0 Å². The number of alkyl halides is 1. The van der Waals surface area contributed by atoms with Crippen LogP contribution in [0.5, 0.6) is 0 Å². The van der Waals surface area contributed by atoms with Gasteiger partial charge in [-0.15, -0.1) is 11.3 Å². The largest absolute Gasteiger partial charge is 0.250 e. The van der Waals surface area contributed by atoms with Crippen LogP contribution in [0.2, 0.25) is 0 Å². The first kappa shape index (κ1) is 12.6. The predicted molar refractivity (Wildman–Crippen MR) is 74.2 cm³/mol.